The van der Waals surface area contributed by atoms with Crippen LogP contribution in [0.25, 0.3) is 0 Å². The van der Waals surface area contributed by atoms with Crippen molar-refractivity contribution in [3.63, 3.8) is 0 Å². The van der Waals surface area contributed by atoms with Crippen molar-refractivity contribution in [2.75, 3.05) is 32.7 Å². The van der Waals surface area contributed by atoms with Gasteiger partial charge in [-0.3, -0.25) is 0 Å². The van der Waals surface area contributed by atoms with Crippen LogP contribution in [0.15, 0.2) is 18.3 Å². The monoisotopic (exact) mass is 296 g/mol. The number of hydrogen-bond acceptors (Lipinski definition) is 5. The largest absolute Gasteiger partial charge is 0.415 e. The Kier molecular flexibility index (Phi) is 4.05. The molecule has 0 aliphatic carbocycles. The number of carbonyl (C=O) groups is 1. The summed E-state index contributed by atoms with van der Waals surface area (Å²) in [7, 11) is 0. The third-order valence-electron chi connectivity index (χ3n) is 3.78. The first-order valence-electron chi connectivity index (χ1n) is 6.75. The molecule has 2 fully saturated rings. The van der Waals surface area contributed by atoms with Crippen LogP contribution >= 0.6 is 11.6 Å². The van der Waals surface area contributed by atoms with Gasteiger partial charge in [0.05, 0.1) is 12.2 Å². The van der Waals surface area contributed by atoms with E-state index in [-0.39, 0.29) is 12.1 Å². The average molecular weight is 297 g/mol. The van der Waals surface area contributed by atoms with Crippen LogP contribution in [0.4, 0.5) is 4.79 Å². The molecule has 2 aliphatic rings. The maximum absolute atomic E-state index is 12.3. The van der Waals surface area contributed by atoms with E-state index in [1.807, 2.05) is 4.90 Å². The van der Waals surface area contributed by atoms with Crippen LogP contribution in [0.5, 0.6) is 5.75 Å². The zero-order valence-corrected chi connectivity index (χ0v) is 11.8. The van der Waals surface area contributed by atoms with Crippen molar-refractivity contribution >= 4 is 17.7 Å². The summed E-state index contributed by atoms with van der Waals surface area (Å²) in [6.45, 7) is 4.20. The number of amides is 1. The first kappa shape index (κ1) is 13.6. The molecular formula is C13H17ClN4O2. The van der Waals surface area contributed by atoms with E-state index in [9.17, 15) is 4.79 Å². The Bertz CT molecular complexity index is 478. The Labute approximate surface area is 122 Å². The number of nitrogens with zero attached hydrogens (tertiary/aromatic N) is 2. The molecule has 1 unspecified atom stereocenters. The van der Waals surface area contributed by atoms with E-state index >= 15 is 0 Å². The lowest BCUT2D eigenvalue weighted by Crippen LogP contribution is -2.63. The number of hydrogen-bond donors (Lipinski definition) is 2. The third-order valence-corrected chi connectivity index (χ3v) is 4.00. The van der Waals surface area contributed by atoms with Gasteiger partial charge in [-0.25, -0.2) is 9.78 Å². The molecule has 20 heavy (non-hydrogen) atoms. The van der Waals surface area contributed by atoms with E-state index in [0.29, 0.717) is 23.4 Å². The zero-order valence-electron chi connectivity index (χ0n) is 11.0. The van der Waals surface area contributed by atoms with Crippen LogP contribution in [-0.2, 0) is 0 Å². The summed E-state index contributed by atoms with van der Waals surface area (Å²) in [4.78, 5) is 18.0. The number of ether oxygens (including phenoxy) is 1. The maximum atomic E-state index is 12.3. The van der Waals surface area contributed by atoms with Gasteiger partial charge in [-0.2, -0.15) is 0 Å². The molecule has 0 spiro atoms. The van der Waals surface area contributed by atoms with Crippen molar-refractivity contribution in [1.29, 1.82) is 0 Å². The summed E-state index contributed by atoms with van der Waals surface area (Å²) in [6, 6.07) is 3.45. The van der Waals surface area contributed by atoms with Crippen LogP contribution in [0, 0.1) is 5.92 Å². The van der Waals surface area contributed by atoms with Gasteiger partial charge in [0.2, 0.25) is 0 Å². The van der Waals surface area contributed by atoms with Gasteiger partial charge in [-0.15, -0.1) is 0 Å². The Hall–Kier alpha value is -1.37. The van der Waals surface area contributed by atoms with E-state index in [0.717, 1.165) is 26.2 Å². The highest BCUT2D eigenvalue weighted by Gasteiger charge is 2.36. The van der Waals surface area contributed by atoms with Gasteiger partial charge in [0, 0.05) is 38.6 Å². The van der Waals surface area contributed by atoms with E-state index in [1.54, 1.807) is 12.1 Å². The molecule has 1 amide bonds. The Balaban J connectivity index is 1.66. The minimum Gasteiger partial charge on any atom is -0.409 e. The Morgan fingerprint density at radius 1 is 1.35 bits per heavy atom. The molecule has 1 aromatic rings. The third kappa shape index (κ3) is 2.87. The van der Waals surface area contributed by atoms with Gasteiger partial charge in [0.25, 0.3) is 0 Å². The predicted octanol–water partition coefficient (Wildman–Crippen LogP) is 0.727. The number of nitrogens with one attached hydrogen (secondary N) is 2. The second-order valence-corrected chi connectivity index (χ2v) is 5.46. The van der Waals surface area contributed by atoms with Gasteiger partial charge in [0.15, 0.2) is 5.75 Å². The molecule has 6 nitrogen and oxygen atoms in total. The van der Waals surface area contributed by atoms with E-state index in [2.05, 4.69) is 15.6 Å². The van der Waals surface area contributed by atoms with Crippen molar-refractivity contribution < 1.29 is 9.53 Å². The molecule has 2 saturated heterocycles. The van der Waals surface area contributed by atoms with Crippen LogP contribution in [-0.4, -0.2) is 54.7 Å². The SMILES string of the molecule is O=C(Oc1ccc(Cl)nc1)N1CCNCC1C1CNC1. The van der Waals surface area contributed by atoms with Crippen LogP contribution < -0.4 is 15.4 Å². The topological polar surface area (TPSA) is 66.5 Å². The molecule has 0 radical (unpaired) electrons. The molecule has 2 N–H and O–H groups in total. The Morgan fingerprint density at radius 2 is 2.20 bits per heavy atom. The van der Waals surface area contributed by atoms with E-state index in [4.69, 9.17) is 16.3 Å². The van der Waals surface area contributed by atoms with Gasteiger partial charge in [0.1, 0.15) is 5.15 Å². The normalized spacial score (nSPS) is 23.2. The molecule has 7 heteroatoms. The van der Waals surface area contributed by atoms with E-state index in [1.165, 1.54) is 6.20 Å². The van der Waals surface area contributed by atoms with Crippen molar-refractivity contribution in [3.05, 3.63) is 23.5 Å². The van der Waals surface area contributed by atoms with Gasteiger partial charge in [-0.1, -0.05) is 11.6 Å². The summed E-state index contributed by atoms with van der Waals surface area (Å²) in [5.74, 6) is 0.919. The standard InChI is InChI=1S/C13H17ClN4O2/c14-12-2-1-10(7-17-12)20-13(19)18-4-3-15-8-11(18)9-5-16-6-9/h1-2,7,9,11,15-16H,3-6,8H2. The molecule has 1 aromatic heterocycles. The van der Waals surface area contributed by atoms with Crippen molar-refractivity contribution in [2.45, 2.75) is 6.04 Å². The fourth-order valence-corrected chi connectivity index (χ4v) is 2.65. The molecular weight excluding hydrogens is 280 g/mol. The highest BCUT2D eigenvalue weighted by atomic mass is 35.5. The summed E-state index contributed by atoms with van der Waals surface area (Å²) in [5.41, 5.74) is 0. The zero-order chi connectivity index (χ0) is 13.9. The lowest BCUT2D eigenvalue weighted by Gasteiger charge is -2.43. The van der Waals surface area contributed by atoms with Crippen LogP contribution in [0.1, 0.15) is 0 Å². The first-order chi connectivity index (χ1) is 9.74. The van der Waals surface area contributed by atoms with Crippen LogP contribution in [0.2, 0.25) is 5.15 Å². The van der Waals surface area contributed by atoms with Gasteiger partial charge >= 0.3 is 6.09 Å². The average Bonchev–Trinajstić information content (AvgIpc) is 2.40. The lowest BCUT2D eigenvalue weighted by atomic mass is 9.91. The summed E-state index contributed by atoms with van der Waals surface area (Å²) >= 11 is 5.71. The highest BCUT2D eigenvalue weighted by Crippen LogP contribution is 2.20. The molecule has 108 valence electrons. The Morgan fingerprint density at radius 3 is 2.85 bits per heavy atom. The molecule has 0 aromatic carbocycles. The van der Waals surface area contributed by atoms with Crippen molar-refractivity contribution in [3.8, 4) is 5.75 Å². The molecule has 3 heterocycles. The second-order valence-electron chi connectivity index (χ2n) is 5.07. The van der Waals surface area contributed by atoms with Crippen molar-refractivity contribution in [1.82, 2.24) is 20.5 Å². The first-order valence-corrected chi connectivity index (χ1v) is 7.13. The lowest BCUT2D eigenvalue weighted by molar-refractivity contribution is 0.0796. The number of piperazine rings is 1. The number of halogens is 1. The number of carbonyl (C=O) groups excluding carboxylic acids is 1. The van der Waals surface area contributed by atoms with Crippen LogP contribution in [0.3, 0.4) is 0 Å². The molecule has 0 saturated carbocycles. The minimum absolute atomic E-state index is 0.192. The molecule has 2 aliphatic heterocycles. The van der Waals surface area contributed by atoms with Gasteiger partial charge in [-0.05, 0) is 12.1 Å². The summed E-state index contributed by atoms with van der Waals surface area (Å²) in [6.07, 6.45) is 1.15. The van der Waals surface area contributed by atoms with Gasteiger partial charge < -0.3 is 20.3 Å². The molecule has 3 rings (SSSR count). The number of rotatable bonds is 2. The number of pyridine rings is 1. The number of aromatic nitrogens is 1. The highest BCUT2D eigenvalue weighted by molar-refractivity contribution is 6.29. The maximum Gasteiger partial charge on any atom is 0.415 e. The fraction of sp³-hybridized carbons (Fsp3) is 0.538. The predicted molar refractivity (Wildman–Crippen MR) is 75.0 cm³/mol. The molecule has 0 bridgehead atoms. The fourth-order valence-electron chi connectivity index (χ4n) is 2.54. The second kappa shape index (κ2) is 5.95. The minimum atomic E-state index is -0.312. The summed E-state index contributed by atoms with van der Waals surface area (Å²) in [5, 5.41) is 6.96. The quantitative estimate of drug-likeness (QED) is 0.788. The van der Waals surface area contributed by atoms with E-state index < -0.39 is 0 Å². The smallest absolute Gasteiger partial charge is 0.409 e. The molecule has 1 atom stereocenters. The van der Waals surface area contributed by atoms with Crippen molar-refractivity contribution in [2.24, 2.45) is 5.92 Å². The summed E-state index contributed by atoms with van der Waals surface area (Å²) < 4.78 is 5.38.